The predicted molar refractivity (Wildman–Crippen MR) is 91.7 cm³/mol. The number of rotatable bonds is 6. The summed E-state index contributed by atoms with van der Waals surface area (Å²) in [5.74, 6) is 1.59. The molecule has 1 aliphatic heterocycles. The lowest BCUT2D eigenvalue weighted by molar-refractivity contribution is -0.137. The van der Waals surface area contributed by atoms with Gasteiger partial charge < -0.3 is 20.3 Å². The van der Waals surface area contributed by atoms with Crippen LogP contribution in [0.5, 0.6) is 5.88 Å². The van der Waals surface area contributed by atoms with Crippen molar-refractivity contribution in [3.8, 4) is 5.88 Å². The molecule has 1 saturated heterocycles. The molecule has 1 aromatic heterocycles. The molecule has 23 heavy (non-hydrogen) atoms. The summed E-state index contributed by atoms with van der Waals surface area (Å²) in [5, 5.41) is 0. The zero-order chi connectivity index (χ0) is 16.9. The second-order valence-electron chi connectivity index (χ2n) is 6.21. The number of carbonyl (C=O) groups is 1. The third-order valence-corrected chi connectivity index (χ3v) is 4.15. The van der Waals surface area contributed by atoms with E-state index < -0.39 is 5.54 Å². The van der Waals surface area contributed by atoms with Crippen LogP contribution in [0.3, 0.4) is 0 Å². The number of nitrogens with zero attached hydrogens (tertiary/aromatic N) is 3. The molecule has 0 spiro atoms. The molecule has 2 N–H and O–H groups in total. The van der Waals surface area contributed by atoms with E-state index in [0.717, 1.165) is 25.3 Å². The summed E-state index contributed by atoms with van der Waals surface area (Å²) in [7, 11) is 0. The molecule has 1 amide bonds. The molecule has 128 valence electrons. The SMILES string of the molecule is CCCC(C)(N)C(=O)N1CCN(c2cccc(OCC)n2)CC1. The first-order valence-electron chi connectivity index (χ1n) is 8.41. The first-order valence-corrected chi connectivity index (χ1v) is 8.41. The molecule has 2 heterocycles. The minimum Gasteiger partial charge on any atom is -0.478 e. The average Bonchev–Trinajstić information content (AvgIpc) is 2.55. The van der Waals surface area contributed by atoms with Gasteiger partial charge in [-0.05, 0) is 26.3 Å². The summed E-state index contributed by atoms with van der Waals surface area (Å²) in [6.07, 6.45) is 1.62. The minimum atomic E-state index is -0.760. The lowest BCUT2D eigenvalue weighted by Gasteiger charge is -2.39. The van der Waals surface area contributed by atoms with Crippen LogP contribution in [0.25, 0.3) is 0 Å². The molecular weight excluding hydrogens is 292 g/mol. The molecule has 6 nitrogen and oxygen atoms in total. The first-order chi connectivity index (χ1) is 11.0. The summed E-state index contributed by atoms with van der Waals surface area (Å²) in [6, 6.07) is 5.78. The normalized spacial score (nSPS) is 17.7. The van der Waals surface area contributed by atoms with Crippen LogP contribution in [-0.4, -0.2) is 54.1 Å². The molecule has 2 rings (SSSR count). The van der Waals surface area contributed by atoms with Gasteiger partial charge >= 0.3 is 0 Å². The second kappa shape index (κ2) is 7.64. The highest BCUT2D eigenvalue weighted by atomic mass is 16.5. The molecule has 1 unspecified atom stereocenters. The molecule has 0 aliphatic carbocycles. The van der Waals surface area contributed by atoms with E-state index in [1.54, 1.807) is 0 Å². The predicted octanol–water partition coefficient (Wildman–Crippen LogP) is 1.65. The fraction of sp³-hybridized carbons (Fsp3) is 0.647. The van der Waals surface area contributed by atoms with Crippen molar-refractivity contribution in [1.29, 1.82) is 0 Å². The van der Waals surface area contributed by atoms with Crippen molar-refractivity contribution >= 4 is 11.7 Å². The number of nitrogens with two attached hydrogens (primary N) is 1. The molecular formula is C17H28N4O2. The van der Waals surface area contributed by atoms with Crippen LogP contribution >= 0.6 is 0 Å². The Hall–Kier alpha value is -1.82. The van der Waals surface area contributed by atoms with E-state index in [-0.39, 0.29) is 5.91 Å². The topological polar surface area (TPSA) is 71.7 Å². The highest BCUT2D eigenvalue weighted by Gasteiger charge is 2.33. The Bertz CT molecular complexity index is 525. The molecule has 0 aromatic carbocycles. The number of aromatic nitrogens is 1. The van der Waals surface area contributed by atoms with E-state index in [2.05, 4.69) is 9.88 Å². The minimum absolute atomic E-state index is 0.0510. The zero-order valence-electron chi connectivity index (χ0n) is 14.4. The molecule has 0 radical (unpaired) electrons. The van der Waals surface area contributed by atoms with Gasteiger partial charge in [0.2, 0.25) is 11.8 Å². The van der Waals surface area contributed by atoms with E-state index in [1.165, 1.54) is 0 Å². The maximum Gasteiger partial charge on any atom is 0.242 e. The van der Waals surface area contributed by atoms with Crippen LogP contribution in [0.4, 0.5) is 5.82 Å². The van der Waals surface area contributed by atoms with Crippen LogP contribution in [0.1, 0.15) is 33.6 Å². The van der Waals surface area contributed by atoms with E-state index >= 15 is 0 Å². The Kier molecular flexibility index (Phi) is 5.82. The highest BCUT2D eigenvalue weighted by molar-refractivity contribution is 5.85. The van der Waals surface area contributed by atoms with Gasteiger partial charge in [0.15, 0.2) is 0 Å². The van der Waals surface area contributed by atoms with Gasteiger partial charge in [-0.3, -0.25) is 4.79 Å². The summed E-state index contributed by atoms with van der Waals surface area (Å²) < 4.78 is 5.45. The maximum absolute atomic E-state index is 12.5. The first kappa shape index (κ1) is 17.5. The highest BCUT2D eigenvalue weighted by Crippen LogP contribution is 2.19. The lowest BCUT2D eigenvalue weighted by atomic mass is 9.95. The van der Waals surface area contributed by atoms with Crippen LogP contribution < -0.4 is 15.4 Å². The fourth-order valence-electron chi connectivity index (χ4n) is 2.93. The van der Waals surface area contributed by atoms with E-state index in [1.807, 2.05) is 43.9 Å². The van der Waals surface area contributed by atoms with Crippen molar-refractivity contribution in [1.82, 2.24) is 9.88 Å². The van der Waals surface area contributed by atoms with Crippen molar-refractivity contribution < 1.29 is 9.53 Å². The number of carbonyl (C=O) groups excluding carboxylic acids is 1. The third-order valence-electron chi connectivity index (χ3n) is 4.15. The Morgan fingerprint density at radius 3 is 2.61 bits per heavy atom. The number of ether oxygens (including phenoxy) is 1. The maximum atomic E-state index is 12.5. The zero-order valence-corrected chi connectivity index (χ0v) is 14.4. The second-order valence-corrected chi connectivity index (χ2v) is 6.21. The Morgan fingerprint density at radius 2 is 2.00 bits per heavy atom. The average molecular weight is 320 g/mol. The van der Waals surface area contributed by atoms with Gasteiger partial charge in [-0.1, -0.05) is 19.4 Å². The lowest BCUT2D eigenvalue weighted by Crippen LogP contribution is -2.58. The smallest absolute Gasteiger partial charge is 0.242 e. The van der Waals surface area contributed by atoms with E-state index in [9.17, 15) is 4.79 Å². The van der Waals surface area contributed by atoms with Gasteiger partial charge in [0.05, 0.1) is 12.1 Å². The monoisotopic (exact) mass is 320 g/mol. The van der Waals surface area contributed by atoms with Gasteiger partial charge in [0.25, 0.3) is 0 Å². The molecule has 1 fully saturated rings. The van der Waals surface area contributed by atoms with Crippen LogP contribution in [0, 0.1) is 0 Å². The summed E-state index contributed by atoms with van der Waals surface area (Å²) in [5.41, 5.74) is 5.41. The van der Waals surface area contributed by atoms with Crippen LogP contribution in [0.2, 0.25) is 0 Å². The standard InChI is InChI=1S/C17H28N4O2/c1-4-9-17(3,18)16(22)21-12-10-20(11-13-21)14-7-6-8-15(19-14)23-5-2/h6-8H,4-5,9-13,18H2,1-3H3. The van der Waals surface area contributed by atoms with E-state index in [0.29, 0.717) is 32.0 Å². The fourth-order valence-corrected chi connectivity index (χ4v) is 2.93. The number of anilines is 1. The molecule has 0 bridgehead atoms. The van der Waals surface area contributed by atoms with Crippen molar-refractivity contribution in [3.63, 3.8) is 0 Å². The third kappa shape index (κ3) is 4.34. The molecule has 1 aromatic rings. The van der Waals surface area contributed by atoms with Crippen molar-refractivity contribution in [2.75, 3.05) is 37.7 Å². The summed E-state index contributed by atoms with van der Waals surface area (Å²) in [4.78, 5) is 21.1. The number of piperazine rings is 1. The molecule has 1 aliphatic rings. The van der Waals surface area contributed by atoms with Crippen molar-refractivity contribution in [3.05, 3.63) is 18.2 Å². The molecule has 6 heteroatoms. The van der Waals surface area contributed by atoms with Crippen LogP contribution in [-0.2, 0) is 4.79 Å². The van der Waals surface area contributed by atoms with E-state index in [4.69, 9.17) is 10.5 Å². The quantitative estimate of drug-likeness (QED) is 0.863. The van der Waals surface area contributed by atoms with Gasteiger partial charge in [-0.15, -0.1) is 0 Å². The van der Waals surface area contributed by atoms with Gasteiger partial charge in [-0.25, -0.2) is 0 Å². The largest absolute Gasteiger partial charge is 0.478 e. The van der Waals surface area contributed by atoms with Gasteiger partial charge in [0.1, 0.15) is 5.82 Å². The van der Waals surface area contributed by atoms with Crippen molar-refractivity contribution in [2.24, 2.45) is 5.73 Å². The number of hydrogen-bond donors (Lipinski definition) is 1. The molecule has 1 atom stereocenters. The summed E-state index contributed by atoms with van der Waals surface area (Å²) in [6.45, 7) is 9.30. The van der Waals surface area contributed by atoms with Crippen molar-refractivity contribution in [2.45, 2.75) is 39.2 Å². The Balaban J connectivity index is 1.96. The summed E-state index contributed by atoms with van der Waals surface area (Å²) >= 11 is 0. The van der Waals surface area contributed by atoms with Gasteiger partial charge in [0, 0.05) is 32.2 Å². The number of pyridine rings is 1. The van der Waals surface area contributed by atoms with Gasteiger partial charge in [-0.2, -0.15) is 4.98 Å². The Morgan fingerprint density at radius 1 is 1.30 bits per heavy atom. The number of amides is 1. The molecule has 0 saturated carbocycles. The van der Waals surface area contributed by atoms with Crippen LogP contribution in [0.15, 0.2) is 18.2 Å². The Labute approximate surface area is 138 Å². The number of hydrogen-bond acceptors (Lipinski definition) is 5.